The van der Waals surface area contributed by atoms with Crippen molar-refractivity contribution < 1.29 is 4.74 Å². The lowest BCUT2D eigenvalue weighted by molar-refractivity contribution is 0.211. The predicted molar refractivity (Wildman–Crippen MR) is 140 cm³/mol. The highest BCUT2D eigenvalue weighted by Crippen LogP contribution is 2.35. The Labute approximate surface area is 200 Å². The third kappa shape index (κ3) is 5.83. The molecule has 1 unspecified atom stereocenters. The van der Waals surface area contributed by atoms with Gasteiger partial charge < -0.3 is 4.74 Å². The molecule has 0 aliphatic rings. The number of hydrogen-bond acceptors (Lipinski definition) is 3. The number of pyridine rings is 1. The van der Waals surface area contributed by atoms with Gasteiger partial charge in [0.15, 0.2) is 0 Å². The summed E-state index contributed by atoms with van der Waals surface area (Å²) in [5.41, 5.74) is 8.56. The summed E-state index contributed by atoms with van der Waals surface area (Å²) in [5, 5.41) is 0. The standard InChI is InChI=1S/C30H40N2O/c1-8-23-17-14-18-24(9-2)30(23)27-19-29(33-21(4)5)26(22(6)31-27)20-32(7)28(10-3)25-15-12-11-13-16-25/h11-19,21,28H,8-10,20H2,1-7H3. The number of ether oxygens (including phenoxy) is 1. The Morgan fingerprint density at radius 2 is 1.55 bits per heavy atom. The van der Waals surface area contributed by atoms with Crippen LogP contribution in [0.15, 0.2) is 54.6 Å². The van der Waals surface area contributed by atoms with Gasteiger partial charge >= 0.3 is 0 Å². The van der Waals surface area contributed by atoms with Gasteiger partial charge in [-0.1, -0.05) is 69.3 Å². The van der Waals surface area contributed by atoms with Crippen molar-refractivity contribution in [1.29, 1.82) is 0 Å². The average Bonchev–Trinajstić information content (AvgIpc) is 2.81. The summed E-state index contributed by atoms with van der Waals surface area (Å²) in [4.78, 5) is 7.55. The van der Waals surface area contributed by atoms with Crippen LogP contribution in [0.4, 0.5) is 0 Å². The van der Waals surface area contributed by atoms with Crippen LogP contribution in [0.5, 0.6) is 5.75 Å². The Morgan fingerprint density at radius 1 is 0.909 bits per heavy atom. The molecule has 0 spiro atoms. The summed E-state index contributed by atoms with van der Waals surface area (Å²) in [6.45, 7) is 13.8. The normalized spacial score (nSPS) is 12.4. The van der Waals surface area contributed by atoms with Crippen LogP contribution in [0.2, 0.25) is 0 Å². The summed E-state index contributed by atoms with van der Waals surface area (Å²) in [5.74, 6) is 0.954. The number of benzene rings is 2. The molecule has 0 bridgehead atoms. The molecule has 2 aromatic carbocycles. The molecule has 1 aromatic heterocycles. The molecule has 176 valence electrons. The van der Waals surface area contributed by atoms with Crippen LogP contribution in [0.3, 0.4) is 0 Å². The molecule has 0 fully saturated rings. The van der Waals surface area contributed by atoms with Crippen LogP contribution in [0.25, 0.3) is 11.3 Å². The molecule has 3 heteroatoms. The van der Waals surface area contributed by atoms with Crippen LogP contribution >= 0.6 is 0 Å². The smallest absolute Gasteiger partial charge is 0.128 e. The van der Waals surface area contributed by atoms with Gasteiger partial charge in [-0.05, 0) is 63.8 Å². The van der Waals surface area contributed by atoms with Gasteiger partial charge in [0.1, 0.15) is 5.75 Å². The first-order valence-corrected chi connectivity index (χ1v) is 12.4. The van der Waals surface area contributed by atoms with E-state index in [0.29, 0.717) is 6.04 Å². The molecule has 0 N–H and O–H groups in total. The first-order chi connectivity index (χ1) is 15.9. The summed E-state index contributed by atoms with van der Waals surface area (Å²) >= 11 is 0. The van der Waals surface area contributed by atoms with E-state index in [-0.39, 0.29) is 6.10 Å². The Morgan fingerprint density at radius 3 is 2.09 bits per heavy atom. The van der Waals surface area contributed by atoms with E-state index in [2.05, 4.69) is 108 Å². The highest BCUT2D eigenvalue weighted by molar-refractivity contribution is 5.70. The number of aryl methyl sites for hydroxylation is 3. The lowest BCUT2D eigenvalue weighted by atomic mass is 9.94. The zero-order chi connectivity index (χ0) is 24.0. The fourth-order valence-corrected chi connectivity index (χ4v) is 4.76. The Kier molecular flexibility index (Phi) is 8.68. The second kappa shape index (κ2) is 11.5. The largest absolute Gasteiger partial charge is 0.491 e. The van der Waals surface area contributed by atoms with E-state index < -0.39 is 0 Å². The minimum Gasteiger partial charge on any atom is -0.491 e. The third-order valence-electron chi connectivity index (χ3n) is 6.42. The van der Waals surface area contributed by atoms with Crippen LogP contribution in [0, 0.1) is 6.92 Å². The number of hydrogen-bond donors (Lipinski definition) is 0. The molecule has 0 aliphatic carbocycles. The van der Waals surface area contributed by atoms with Gasteiger partial charge in [-0.2, -0.15) is 0 Å². The van der Waals surface area contributed by atoms with Gasteiger partial charge in [-0.25, -0.2) is 0 Å². The van der Waals surface area contributed by atoms with Gasteiger partial charge in [-0.15, -0.1) is 0 Å². The maximum absolute atomic E-state index is 6.39. The van der Waals surface area contributed by atoms with Crippen molar-refractivity contribution in [2.75, 3.05) is 7.05 Å². The van der Waals surface area contributed by atoms with E-state index in [1.807, 2.05) is 0 Å². The summed E-state index contributed by atoms with van der Waals surface area (Å²) in [6.07, 6.45) is 3.13. The van der Waals surface area contributed by atoms with Crippen molar-refractivity contribution in [3.05, 3.63) is 82.5 Å². The molecule has 3 aromatic rings. The van der Waals surface area contributed by atoms with Gasteiger partial charge in [0.2, 0.25) is 0 Å². The van der Waals surface area contributed by atoms with E-state index in [4.69, 9.17) is 9.72 Å². The highest BCUT2D eigenvalue weighted by Gasteiger charge is 2.21. The van der Waals surface area contributed by atoms with E-state index >= 15 is 0 Å². The van der Waals surface area contributed by atoms with Gasteiger partial charge in [-0.3, -0.25) is 9.88 Å². The van der Waals surface area contributed by atoms with Crippen LogP contribution in [-0.4, -0.2) is 23.0 Å². The van der Waals surface area contributed by atoms with Crippen molar-refractivity contribution in [1.82, 2.24) is 9.88 Å². The van der Waals surface area contributed by atoms with E-state index in [1.165, 1.54) is 27.8 Å². The van der Waals surface area contributed by atoms with Crippen molar-refractivity contribution in [2.24, 2.45) is 0 Å². The molecular formula is C30H40N2O. The maximum Gasteiger partial charge on any atom is 0.128 e. The Hall–Kier alpha value is -2.65. The van der Waals surface area contributed by atoms with Crippen molar-refractivity contribution in [3.8, 4) is 17.0 Å². The molecule has 33 heavy (non-hydrogen) atoms. The lowest BCUT2D eigenvalue weighted by Gasteiger charge is -2.29. The van der Waals surface area contributed by atoms with Gasteiger partial charge in [0.25, 0.3) is 0 Å². The fourth-order valence-electron chi connectivity index (χ4n) is 4.76. The predicted octanol–water partition coefficient (Wildman–Crippen LogP) is 7.55. The van der Waals surface area contributed by atoms with Crippen LogP contribution in [0.1, 0.15) is 75.0 Å². The first kappa shape index (κ1) is 25.0. The molecule has 3 rings (SSSR count). The monoisotopic (exact) mass is 444 g/mol. The zero-order valence-corrected chi connectivity index (χ0v) is 21.5. The third-order valence-corrected chi connectivity index (χ3v) is 6.42. The molecule has 0 saturated heterocycles. The number of rotatable bonds is 10. The molecule has 0 radical (unpaired) electrons. The lowest BCUT2D eigenvalue weighted by Crippen LogP contribution is -2.25. The van der Waals surface area contributed by atoms with Gasteiger partial charge in [0.05, 0.1) is 11.8 Å². The minimum atomic E-state index is 0.104. The topological polar surface area (TPSA) is 25.4 Å². The zero-order valence-electron chi connectivity index (χ0n) is 21.5. The second-order valence-corrected chi connectivity index (χ2v) is 9.14. The van der Waals surface area contributed by atoms with E-state index in [9.17, 15) is 0 Å². The van der Waals surface area contributed by atoms with Crippen molar-refractivity contribution in [3.63, 3.8) is 0 Å². The van der Waals surface area contributed by atoms with Crippen molar-refractivity contribution in [2.45, 2.75) is 79.5 Å². The molecule has 0 aliphatic heterocycles. The SMILES string of the molecule is CCc1cccc(CC)c1-c1cc(OC(C)C)c(CN(C)C(CC)c2ccccc2)c(C)n1. The molecular weight excluding hydrogens is 404 g/mol. The highest BCUT2D eigenvalue weighted by atomic mass is 16.5. The Balaban J connectivity index is 2.05. The van der Waals surface area contributed by atoms with E-state index in [0.717, 1.165) is 42.9 Å². The molecule has 0 saturated carbocycles. The van der Waals surface area contributed by atoms with Crippen LogP contribution < -0.4 is 4.74 Å². The number of nitrogens with zero attached hydrogens (tertiary/aromatic N) is 2. The molecule has 0 amide bonds. The van der Waals surface area contributed by atoms with Crippen molar-refractivity contribution >= 4 is 0 Å². The molecule has 3 nitrogen and oxygen atoms in total. The maximum atomic E-state index is 6.39. The minimum absolute atomic E-state index is 0.104. The summed E-state index contributed by atoms with van der Waals surface area (Å²) in [6, 6.07) is 19.9. The number of aromatic nitrogens is 1. The summed E-state index contributed by atoms with van der Waals surface area (Å²) in [7, 11) is 2.20. The quantitative estimate of drug-likeness (QED) is 0.323. The molecule has 1 atom stereocenters. The summed E-state index contributed by atoms with van der Waals surface area (Å²) < 4.78 is 6.39. The average molecular weight is 445 g/mol. The first-order valence-electron chi connectivity index (χ1n) is 12.4. The van der Waals surface area contributed by atoms with E-state index in [1.54, 1.807) is 0 Å². The fraction of sp³-hybridized carbons (Fsp3) is 0.433. The Bertz CT molecular complexity index is 1020. The second-order valence-electron chi connectivity index (χ2n) is 9.14. The van der Waals surface area contributed by atoms with Gasteiger partial charge in [0, 0.05) is 35.5 Å². The molecule has 1 heterocycles. The van der Waals surface area contributed by atoms with Crippen LogP contribution in [-0.2, 0) is 19.4 Å².